The van der Waals surface area contributed by atoms with Gasteiger partial charge in [-0.1, -0.05) is 12.1 Å². The first-order valence-electron chi connectivity index (χ1n) is 5.75. The molecule has 2 amide bonds. The van der Waals surface area contributed by atoms with E-state index in [9.17, 15) is 19.8 Å². The van der Waals surface area contributed by atoms with E-state index < -0.39 is 11.8 Å². The molecule has 0 atom stereocenters. The Morgan fingerprint density at radius 1 is 0.900 bits per heavy atom. The molecule has 2 aromatic rings. The Morgan fingerprint density at radius 2 is 1.50 bits per heavy atom. The van der Waals surface area contributed by atoms with Gasteiger partial charge in [0.05, 0.1) is 16.0 Å². The van der Waals surface area contributed by atoms with Gasteiger partial charge < -0.3 is 10.2 Å². The second kappa shape index (κ2) is 4.57. The summed E-state index contributed by atoms with van der Waals surface area (Å²) in [5, 5.41) is 18.9. The van der Waals surface area contributed by atoms with E-state index >= 15 is 0 Å². The van der Waals surface area contributed by atoms with Gasteiger partial charge in [0.2, 0.25) is 0 Å². The molecule has 0 radical (unpaired) electrons. The maximum atomic E-state index is 12.1. The monoisotopic (exact) mass is 287 g/mol. The number of rotatable bonds is 2. The van der Waals surface area contributed by atoms with Crippen LogP contribution in [0.1, 0.15) is 20.7 Å². The lowest BCUT2D eigenvalue weighted by molar-refractivity contribution is 0.0777. The van der Waals surface area contributed by atoms with Crippen LogP contribution in [0, 0.1) is 0 Å². The molecule has 0 unspecified atom stereocenters. The lowest BCUT2D eigenvalue weighted by Gasteiger charge is -2.13. The first-order chi connectivity index (χ1) is 9.58. The number of carbonyl (C=O) groups excluding carboxylic acids is 2. The third-order valence-electron chi connectivity index (χ3n) is 2.89. The summed E-state index contributed by atoms with van der Waals surface area (Å²) in [5.74, 6) is -1.10. The van der Waals surface area contributed by atoms with E-state index in [1.54, 1.807) is 24.3 Å². The normalized spacial score (nSPS) is 13.7. The van der Waals surface area contributed by atoms with Crippen LogP contribution in [0.4, 0.5) is 0 Å². The molecule has 0 bridgehead atoms. The van der Waals surface area contributed by atoms with Crippen LogP contribution in [0.25, 0.3) is 0 Å². The molecule has 3 rings (SSSR count). The van der Waals surface area contributed by atoms with Gasteiger partial charge in [-0.25, -0.2) is 4.31 Å². The van der Waals surface area contributed by atoms with Crippen molar-refractivity contribution >= 4 is 23.8 Å². The van der Waals surface area contributed by atoms with E-state index in [1.165, 1.54) is 12.1 Å². The number of phenolic OH excluding ortho intramolecular Hbond substituents is 2. The fourth-order valence-electron chi connectivity index (χ4n) is 1.93. The highest BCUT2D eigenvalue weighted by atomic mass is 32.2. The van der Waals surface area contributed by atoms with Crippen molar-refractivity contribution in [3.63, 3.8) is 0 Å². The van der Waals surface area contributed by atoms with Gasteiger partial charge >= 0.3 is 0 Å². The molecule has 1 aliphatic heterocycles. The first kappa shape index (κ1) is 12.6. The maximum absolute atomic E-state index is 12.1. The third-order valence-corrected chi connectivity index (χ3v) is 3.95. The van der Waals surface area contributed by atoms with Gasteiger partial charge in [-0.05, 0) is 24.3 Å². The fourth-order valence-corrected chi connectivity index (χ4v) is 2.77. The molecule has 2 N–H and O–H groups in total. The molecule has 0 saturated heterocycles. The quantitative estimate of drug-likeness (QED) is 0.655. The predicted molar refractivity (Wildman–Crippen MR) is 72.6 cm³/mol. The highest BCUT2D eigenvalue weighted by Crippen LogP contribution is 2.37. The third kappa shape index (κ3) is 1.90. The van der Waals surface area contributed by atoms with Crippen LogP contribution in [0.5, 0.6) is 11.5 Å². The molecule has 0 aromatic heterocycles. The van der Waals surface area contributed by atoms with Gasteiger partial charge in [-0.15, -0.1) is 0 Å². The summed E-state index contributed by atoms with van der Waals surface area (Å²) in [4.78, 5) is 24.6. The lowest BCUT2D eigenvalue weighted by Crippen LogP contribution is -2.21. The number of aromatic hydroxyl groups is 2. The molecule has 0 spiro atoms. The van der Waals surface area contributed by atoms with E-state index in [0.717, 1.165) is 22.3 Å². The van der Waals surface area contributed by atoms with Gasteiger partial charge in [0.15, 0.2) is 0 Å². The number of nitrogens with zero attached hydrogens (tertiary/aromatic N) is 1. The van der Waals surface area contributed by atoms with E-state index in [2.05, 4.69) is 0 Å². The van der Waals surface area contributed by atoms with Crippen LogP contribution in [-0.4, -0.2) is 26.3 Å². The Kier molecular flexibility index (Phi) is 2.87. The van der Waals surface area contributed by atoms with Crippen molar-refractivity contribution in [1.82, 2.24) is 4.31 Å². The van der Waals surface area contributed by atoms with Crippen molar-refractivity contribution in [3.8, 4) is 11.5 Å². The summed E-state index contributed by atoms with van der Waals surface area (Å²) in [6.45, 7) is 0. The molecule has 2 aromatic carbocycles. The molecular weight excluding hydrogens is 278 g/mol. The highest BCUT2D eigenvalue weighted by molar-refractivity contribution is 7.98. The fraction of sp³-hybridized carbons (Fsp3) is 0. The van der Waals surface area contributed by atoms with Crippen molar-refractivity contribution < 1.29 is 19.8 Å². The average Bonchev–Trinajstić information content (AvgIpc) is 2.67. The number of phenols is 2. The Balaban J connectivity index is 1.94. The van der Waals surface area contributed by atoms with Crippen LogP contribution in [0.3, 0.4) is 0 Å². The Hall–Kier alpha value is -2.47. The number of imide groups is 1. The summed E-state index contributed by atoms with van der Waals surface area (Å²) >= 11 is 0.832. The summed E-state index contributed by atoms with van der Waals surface area (Å²) in [6.07, 6.45) is 0. The standard InChI is InChI=1S/C14H9NO4S/c16-8-5-6-12(11(17)7-8)20-15-13(18)9-3-1-2-4-10(9)14(15)19/h1-7,16-17H. The number of fused-ring (bicyclic) bond motifs is 1. The van der Waals surface area contributed by atoms with Crippen LogP contribution in [0.2, 0.25) is 0 Å². The van der Waals surface area contributed by atoms with Crippen molar-refractivity contribution in [1.29, 1.82) is 0 Å². The van der Waals surface area contributed by atoms with Crippen LogP contribution >= 0.6 is 11.9 Å². The zero-order valence-corrected chi connectivity index (χ0v) is 10.9. The van der Waals surface area contributed by atoms with E-state index in [4.69, 9.17) is 0 Å². The Morgan fingerprint density at radius 3 is 2.05 bits per heavy atom. The molecule has 1 aliphatic rings. The summed E-state index contributed by atoms with van der Waals surface area (Å²) in [5.41, 5.74) is 0.700. The lowest BCUT2D eigenvalue weighted by atomic mass is 10.1. The summed E-state index contributed by atoms with van der Waals surface area (Å²) in [7, 11) is 0. The van der Waals surface area contributed by atoms with E-state index in [0.29, 0.717) is 16.0 Å². The number of amides is 2. The van der Waals surface area contributed by atoms with Crippen molar-refractivity contribution in [2.75, 3.05) is 0 Å². The van der Waals surface area contributed by atoms with E-state index in [-0.39, 0.29) is 11.5 Å². The predicted octanol–water partition coefficient (Wildman–Crippen LogP) is 2.40. The van der Waals surface area contributed by atoms with Crippen molar-refractivity contribution in [3.05, 3.63) is 53.6 Å². The zero-order valence-electron chi connectivity index (χ0n) is 10.1. The number of hydrogen-bond acceptors (Lipinski definition) is 5. The molecule has 1 heterocycles. The van der Waals surface area contributed by atoms with Crippen molar-refractivity contribution in [2.45, 2.75) is 4.90 Å². The number of carbonyl (C=O) groups is 2. The van der Waals surface area contributed by atoms with Gasteiger partial charge in [-0.3, -0.25) is 9.59 Å². The smallest absolute Gasteiger partial charge is 0.272 e. The number of benzene rings is 2. The molecule has 0 fully saturated rings. The Bertz CT molecular complexity index is 694. The molecule has 100 valence electrons. The average molecular weight is 287 g/mol. The second-order valence-electron chi connectivity index (χ2n) is 4.19. The second-order valence-corrected chi connectivity index (χ2v) is 5.18. The highest BCUT2D eigenvalue weighted by Gasteiger charge is 2.36. The molecule has 6 heteroatoms. The maximum Gasteiger partial charge on any atom is 0.272 e. The van der Waals surface area contributed by atoms with Gasteiger partial charge in [0.1, 0.15) is 11.5 Å². The summed E-state index contributed by atoms with van der Waals surface area (Å²) < 4.78 is 0.997. The van der Waals surface area contributed by atoms with Gasteiger partial charge in [0.25, 0.3) is 11.8 Å². The first-order valence-corrected chi connectivity index (χ1v) is 6.53. The van der Waals surface area contributed by atoms with Crippen molar-refractivity contribution in [2.24, 2.45) is 0 Å². The van der Waals surface area contributed by atoms with Crippen LogP contribution in [-0.2, 0) is 0 Å². The molecule has 20 heavy (non-hydrogen) atoms. The van der Waals surface area contributed by atoms with Crippen LogP contribution in [0.15, 0.2) is 47.4 Å². The topological polar surface area (TPSA) is 77.8 Å². The van der Waals surface area contributed by atoms with Gasteiger partial charge in [0, 0.05) is 18.0 Å². The van der Waals surface area contributed by atoms with Gasteiger partial charge in [-0.2, -0.15) is 0 Å². The number of hydrogen-bond donors (Lipinski definition) is 2. The molecule has 5 nitrogen and oxygen atoms in total. The minimum Gasteiger partial charge on any atom is -0.508 e. The molecular formula is C14H9NO4S. The minimum atomic E-state index is -0.414. The molecule has 0 saturated carbocycles. The largest absolute Gasteiger partial charge is 0.508 e. The van der Waals surface area contributed by atoms with E-state index in [1.807, 2.05) is 0 Å². The Labute approximate surface area is 118 Å². The molecule has 0 aliphatic carbocycles. The zero-order chi connectivity index (χ0) is 14.3. The van der Waals surface area contributed by atoms with Crippen LogP contribution < -0.4 is 0 Å². The SMILES string of the molecule is O=C1c2ccccc2C(=O)N1Sc1ccc(O)cc1O. The summed E-state index contributed by atoms with van der Waals surface area (Å²) in [6, 6.07) is 10.5. The minimum absolute atomic E-state index is 0.0887.